The van der Waals surface area contributed by atoms with Gasteiger partial charge in [0, 0.05) is 5.56 Å². The fourth-order valence-corrected chi connectivity index (χ4v) is 0.547. The Hall–Kier alpha value is -1.12. The molecular weight excluding hydrogens is 140 g/mol. The van der Waals surface area contributed by atoms with E-state index in [2.05, 4.69) is 10.2 Å². The van der Waals surface area contributed by atoms with Crippen LogP contribution in [0.2, 0.25) is 0 Å². The summed E-state index contributed by atoms with van der Waals surface area (Å²) in [6.07, 6.45) is 1.64. The molecule has 0 spiro atoms. The van der Waals surface area contributed by atoms with Gasteiger partial charge in [0.25, 0.3) is 5.56 Å². The Morgan fingerprint density at radius 1 is 1.36 bits per heavy atom. The average Bonchev–Trinajstić information content (AvgIpc) is 2.04. The van der Waals surface area contributed by atoms with Crippen LogP contribution >= 0.6 is 0 Å². The van der Waals surface area contributed by atoms with Crippen LogP contribution in [0.3, 0.4) is 0 Å². The number of H-pyrrole nitrogens is 1. The molecule has 0 fully saturated rings. The number of aromatic nitrogens is 2. The van der Waals surface area contributed by atoms with Crippen molar-refractivity contribution in [3.63, 3.8) is 0 Å². The van der Waals surface area contributed by atoms with Crippen molar-refractivity contribution >= 4 is 0 Å². The number of hydrogen-bond acceptors (Lipinski definition) is 2. The number of rotatable bonds is 0. The maximum atomic E-state index is 10.7. The van der Waals surface area contributed by atoms with E-state index in [0.717, 1.165) is 11.1 Å². The quantitative estimate of drug-likeness (QED) is 0.614. The molecule has 1 heterocycles. The third-order valence-electron chi connectivity index (χ3n) is 1.36. The highest BCUT2D eigenvalue weighted by Crippen LogP contribution is 1.93. The predicted octanol–water partition coefficient (Wildman–Crippen LogP) is 1.41. The van der Waals surface area contributed by atoms with Gasteiger partial charge in [0.15, 0.2) is 0 Å². The Kier molecular flexibility index (Phi) is 4.18. The zero-order valence-corrected chi connectivity index (χ0v) is 7.43. The number of nitrogens with zero attached hydrogens (tertiary/aromatic N) is 1. The zero-order valence-electron chi connectivity index (χ0n) is 7.43. The average molecular weight is 154 g/mol. The van der Waals surface area contributed by atoms with Crippen LogP contribution in [0.4, 0.5) is 0 Å². The van der Waals surface area contributed by atoms with Crippen LogP contribution in [0.25, 0.3) is 0 Å². The van der Waals surface area contributed by atoms with Gasteiger partial charge in [0.1, 0.15) is 0 Å². The summed E-state index contributed by atoms with van der Waals surface area (Å²) in [5.41, 5.74) is 1.57. The Balaban J connectivity index is 0.000000461. The molecule has 0 radical (unpaired) electrons. The monoisotopic (exact) mass is 154 g/mol. The summed E-state index contributed by atoms with van der Waals surface area (Å²) >= 11 is 0. The van der Waals surface area contributed by atoms with E-state index >= 15 is 0 Å². The fraction of sp³-hybridized carbons (Fsp3) is 0.500. The number of nitrogens with one attached hydrogen (secondary N) is 1. The summed E-state index contributed by atoms with van der Waals surface area (Å²) < 4.78 is 0. The molecular formula is C8H14N2O. The Labute approximate surface area is 66.5 Å². The molecule has 0 saturated heterocycles. The topological polar surface area (TPSA) is 45.8 Å². The molecule has 0 aliphatic heterocycles. The van der Waals surface area contributed by atoms with E-state index < -0.39 is 0 Å². The maximum Gasteiger partial charge on any atom is 0.267 e. The predicted molar refractivity (Wildman–Crippen MR) is 45.7 cm³/mol. The van der Waals surface area contributed by atoms with Gasteiger partial charge < -0.3 is 0 Å². The molecule has 0 aliphatic rings. The van der Waals surface area contributed by atoms with Gasteiger partial charge in [0.2, 0.25) is 0 Å². The molecule has 0 aromatic carbocycles. The van der Waals surface area contributed by atoms with Crippen molar-refractivity contribution in [3.05, 3.63) is 27.7 Å². The standard InChI is InChI=1S/C6H8N2O.C2H6/c1-4-3-7-8-6(9)5(4)2;1-2/h3H,1-2H3,(H,8,9);1-2H3. The maximum absolute atomic E-state index is 10.7. The first-order chi connectivity index (χ1) is 5.22. The van der Waals surface area contributed by atoms with E-state index in [9.17, 15) is 4.79 Å². The van der Waals surface area contributed by atoms with Crippen LogP contribution in [-0.2, 0) is 0 Å². The molecule has 1 aromatic rings. The van der Waals surface area contributed by atoms with Gasteiger partial charge in [-0.25, -0.2) is 5.10 Å². The first-order valence-electron chi connectivity index (χ1n) is 3.72. The molecule has 0 atom stereocenters. The first-order valence-corrected chi connectivity index (χ1v) is 3.72. The van der Waals surface area contributed by atoms with Gasteiger partial charge in [-0.3, -0.25) is 4.79 Å². The van der Waals surface area contributed by atoms with Gasteiger partial charge in [-0.15, -0.1) is 0 Å². The fourth-order valence-electron chi connectivity index (χ4n) is 0.547. The lowest BCUT2D eigenvalue weighted by atomic mass is 10.2. The van der Waals surface area contributed by atoms with Gasteiger partial charge in [-0.05, 0) is 19.4 Å². The van der Waals surface area contributed by atoms with Crippen molar-refractivity contribution in [2.75, 3.05) is 0 Å². The van der Waals surface area contributed by atoms with E-state index in [4.69, 9.17) is 0 Å². The second-order valence-corrected chi connectivity index (χ2v) is 2.01. The molecule has 0 bridgehead atoms. The van der Waals surface area contributed by atoms with Crippen LogP contribution in [-0.4, -0.2) is 10.2 Å². The number of hydrogen-bond donors (Lipinski definition) is 1. The van der Waals surface area contributed by atoms with Gasteiger partial charge in [-0.2, -0.15) is 5.10 Å². The van der Waals surface area contributed by atoms with E-state index in [1.807, 2.05) is 20.8 Å². The van der Waals surface area contributed by atoms with Crippen LogP contribution in [0, 0.1) is 13.8 Å². The van der Waals surface area contributed by atoms with Crippen LogP contribution in [0.15, 0.2) is 11.0 Å². The molecule has 1 rings (SSSR count). The zero-order chi connectivity index (χ0) is 8.85. The van der Waals surface area contributed by atoms with E-state index in [1.54, 1.807) is 13.1 Å². The Morgan fingerprint density at radius 2 is 1.91 bits per heavy atom. The highest BCUT2D eigenvalue weighted by atomic mass is 16.1. The minimum Gasteiger partial charge on any atom is -0.268 e. The van der Waals surface area contributed by atoms with Gasteiger partial charge in [-0.1, -0.05) is 13.8 Å². The number of aromatic amines is 1. The third-order valence-corrected chi connectivity index (χ3v) is 1.36. The van der Waals surface area contributed by atoms with Crippen molar-refractivity contribution < 1.29 is 0 Å². The normalized spacial score (nSPS) is 8.36. The van der Waals surface area contributed by atoms with E-state index in [-0.39, 0.29) is 5.56 Å². The smallest absolute Gasteiger partial charge is 0.267 e. The van der Waals surface area contributed by atoms with Crippen LogP contribution < -0.4 is 5.56 Å². The summed E-state index contributed by atoms with van der Waals surface area (Å²) in [5.74, 6) is 0. The van der Waals surface area contributed by atoms with Gasteiger partial charge in [0.05, 0.1) is 6.20 Å². The van der Waals surface area contributed by atoms with Crippen LogP contribution in [0.5, 0.6) is 0 Å². The van der Waals surface area contributed by atoms with Crippen molar-refractivity contribution in [2.45, 2.75) is 27.7 Å². The van der Waals surface area contributed by atoms with E-state index in [1.165, 1.54) is 0 Å². The van der Waals surface area contributed by atoms with Crippen LogP contribution in [0.1, 0.15) is 25.0 Å². The summed E-state index contributed by atoms with van der Waals surface area (Å²) in [5, 5.41) is 5.94. The summed E-state index contributed by atoms with van der Waals surface area (Å²) in [7, 11) is 0. The first kappa shape index (κ1) is 9.88. The van der Waals surface area contributed by atoms with Crippen molar-refractivity contribution in [2.24, 2.45) is 0 Å². The lowest BCUT2D eigenvalue weighted by Crippen LogP contribution is -2.11. The lowest BCUT2D eigenvalue weighted by Gasteiger charge is -1.92. The van der Waals surface area contributed by atoms with Crippen molar-refractivity contribution in [1.29, 1.82) is 0 Å². The molecule has 0 amide bonds. The molecule has 0 unspecified atom stereocenters. The summed E-state index contributed by atoms with van der Waals surface area (Å²) in [6, 6.07) is 0. The lowest BCUT2D eigenvalue weighted by molar-refractivity contribution is 0.951. The molecule has 0 aliphatic carbocycles. The second kappa shape index (κ2) is 4.66. The third kappa shape index (κ3) is 2.53. The van der Waals surface area contributed by atoms with Crippen molar-refractivity contribution in [1.82, 2.24) is 10.2 Å². The molecule has 3 nitrogen and oxygen atoms in total. The molecule has 1 N–H and O–H groups in total. The van der Waals surface area contributed by atoms with Gasteiger partial charge >= 0.3 is 0 Å². The molecule has 11 heavy (non-hydrogen) atoms. The largest absolute Gasteiger partial charge is 0.268 e. The minimum atomic E-state index is -0.102. The molecule has 0 saturated carbocycles. The molecule has 1 aromatic heterocycles. The van der Waals surface area contributed by atoms with Crippen molar-refractivity contribution in [3.8, 4) is 0 Å². The summed E-state index contributed by atoms with van der Waals surface area (Å²) in [6.45, 7) is 7.63. The second-order valence-electron chi connectivity index (χ2n) is 2.01. The summed E-state index contributed by atoms with van der Waals surface area (Å²) in [4.78, 5) is 10.7. The number of aryl methyl sites for hydroxylation is 1. The Bertz CT molecular complexity index is 265. The highest BCUT2D eigenvalue weighted by molar-refractivity contribution is 5.15. The molecule has 62 valence electrons. The van der Waals surface area contributed by atoms with E-state index in [0.29, 0.717) is 0 Å². The highest BCUT2D eigenvalue weighted by Gasteiger charge is 1.93. The SMILES string of the molecule is CC.Cc1cn[nH]c(=O)c1C. The Morgan fingerprint density at radius 3 is 2.27 bits per heavy atom. The minimum absolute atomic E-state index is 0.102. The molecule has 3 heteroatoms.